The van der Waals surface area contributed by atoms with Crippen LogP contribution in [0.15, 0.2) is 42.5 Å². The van der Waals surface area contributed by atoms with Gasteiger partial charge in [-0.2, -0.15) is 0 Å². The quantitative estimate of drug-likeness (QED) is 0.281. The van der Waals surface area contributed by atoms with E-state index >= 15 is 4.39 Å². The van der Waals surface area contributed by atoms with Crippen LogP contribution in [0.1, 0.15) is 63.9 Å². The third-order valence-corrected chi connectivity index (χ3v) is 7.06. The molecule has 0 aromatic heterocycles. The fourth-order valence-corrected chi connectivity index (χ4v) is 5.21. The fourth-order valence-electron chi connectivity index (χ4n) is 5.21. The maximum Gasteiger partial charge on any atom is 0.194 e. The summed E-state index contributed by atoms with van der Waals surface area (Å²) < 4.78 is 55.7. The van der Waals surface area contributed by atoms with Gasteiger partial charge in [0, 0.05) is 10.9 Å². The molecule has 0 amide bonds. The van der Waals surface area contributed by atoms with Crippen LogP contribution in [0, 0.1) is 35.1 Å². The topological polar surface area (TPSA) is 0 Å². The van der Waals surface area contributed by atoms with Gasteiger partial charge in [0.1, 0.15) is 5.82 Å². The molecule has 0 bridgehead atoms. The second-order valence-electron chi connectivity index (χ2n) is 9.04. The molecule has 3 aromatic rings. The molecule has 0 nitrogen and oxygen atoms in total. The number of halogens is 4. The number of benzene rings is 3. The van der Waals surface area contributed by atoms with Gasteiger partial charge in [0.15, 0.2) is 17.5 Å². The summed E-state index contributed by atoms with van der Waals surface area (Å²) in [6.45, 7) is 4.61. The van der Waals surface area contributed by atoms with E-state index in [1.54, 1.807) is 12.1 Å². The molecule has 3 aromatic carbocycles. The molecule has 0 spiro atoms. The lowest BCUT2D eigenvalue weighted by Gasteiger charge is -2.32. The lowest BCUT2D eigenvalue weighted by molar-refractivity contribution is 0.235. The van der Waals surface area contributed by atoms with Crippen molar-refractivity contribution in [1.29, 1.82) is 0 Å². The molecule has 1 atom stereocenters. The summed E-state index contributed by atoms with van der Waals surface area (Å²) in [5.41, 5.74) is 1.27. The van der Waals surface area contributed by atoms with Gasteiger partial charge >= 0.3 is 0 Å². The van der Waals surface area contributed by atoms with Gasteiger partial charge in [0.25, 0.3) is 0 Å². The number of hydrogen-bond acceptors (Lipinski definition) is 0. The molecule has 164 valence electrons. The summed E-state index contributed by atoms with van der Waals surface area (Å²) in [7, 11) is 0. The highest BCUT2D eigenvalue weighted by molar-refractivity contribution is 5.89. The zero-order valence-corrected chi connectivity index (χ0v) is 18.0. The average Bonchev–Trinajstić information content (AvgIpc) is 2.77. The van der Waals surface area contributed by atoms with Gasteiger partial charge in [0.2, 0.25) is 0 Å². The van der Waals surface area contributed by atoms with Crippen LogP contribution >= 0.6 is 0 Å². The van der Waals surface area contributed by atoms with E-state index < -0.39 is 23.3 Å². The van der Waals surface area contributed by atoms with Gasteiger partial charge in [-0.25, -0.2) is 17.6 Å². The molecule has 0 radical (unpaired) electrons. The van der Waals surface area contributed by atoms with Crippen LogP contribution in [0.3, 0.4) is 0 Å². The lowest BCUT2D eigenvalue weighted by Crippen LogP contribution is -2.19. The Kier molecular flexibility index (Phi) is 6.36. The van der Waals surface area contributed by atoms with Crippen molar-refractivity contribution in [2.45, 2.75) is 58.3 Å². The van der Waals surface area contributed by atoms with E-state index in [4.69, 9.17) is 0 Å². The highest BCUT2D eigenvalue weighted by Crippen LogP contribution is 2.41. The summed E-state index contributed by atoms with van der Waals surface area (Å²) in [6.07, 6.45) is 7.29. The number of rotatable bonds is 5. The van der Waals surface area contributed by atoms with Crippen LogP contribution in [0.5, 0.6) is 0 Å². The summed E-state index contributed by atoms with van der Waals surface area (Å²) in [5, 5.41) is 1.17. The molecular formula is C27H28F4. The normalized spacial score (nSPS) is 20.2. The molecule has 1 unspecified atom stereocenters. The Hall–Kier alpha value is -2.36. The van der Waals surface area contributed by atoms with Crippen molar-refractivity contribution in [2.24, 2.45) is 11.8 Å². The van der Waals surface area contributed by atoms with Crippen molar-refractivity contribution in [2.75, 3.05) is 0 Å². The van der Waals surface area contributed by atoms with Crippen LogP contribution in [0.4, 0.5) is 17.6 Å². The summed E-state index contributed by atoms with van der Waals surface area (Å²) in [6, 6.07) is 10.7. The van der Waals surface area contributed by atoms with Crippen LogP contribution in [0.2, 0.25) is 0 Å². The Labute approximate surface area is 181 Å². The molecule has 31 heavy (non-hydrogen) atoms. The molecule has 0 saturated heterocycles. The smallest absolute Gasteiger partial charge is 0.194 e. The largest absolute Gasteiger partial charge is 0.206 e. The van der Waals surface area contributed by atoms with Crippen molar-refractivity contribution >= 4 is 10.8 Å². The molecule has 1 aliphatic carbocycles. The third-order valence-electron chi connectivity index (χ3n) is 7.06. The van der Waals surface area contributed by atoms with Crippen molar-refractivity contribution in [3.63, 3.8) is 0 Å². The minimum absolute atomic E-state index is 0.0144. The third kappa shape index (κ3) is 4.35. The van der Waals surface area contributed by atoms with Crippen LogP contribution in [0.25, 0.3) is 21.9 Å². The second-order valence-corrected chi connectivity index (χ2v) is 9.04. The fraction of sp³-hybridized carbons (Fsp3) is 0.407. The highest BCUT2D eigenvalue weighted by atomic mass is 19.2. The zero-order valence-electron chi connectivity index (χ0n) is 18.0. The van der Waals surface area contributed by atoms with Crippen molar-refractivity contribution in [1.82, 2.24) is 0 Å². The molecule has 1 fully saturated rings. The molecule has 1 saturated carbocycles. The SMILES string of the molecule is CCCC(C)C1CCC(c2ccc3c(F)c(-c4cc(F)c(F)c(F)c4)ccc3c2)CC1. The minimum Gasteiger partial charge on any atom is -0.206 e. The van der Waals surface area contributed by atoms with E-state index in [9.17, 15) is 13.2 Å². The van der Waals surface area contributed by atoms with E-state index in [1.165, 1.54) is 37.3 Å². The Bertz CT molecular complexity index is 1060. The Balaban J connectivity index is 1.58. The Morgan fingerprint density at radius 1 is 0.839 bits per heavy atom. The lowest BCUT2D eigenvalue weighted by atomic mass is 9.73. The predicted octanol–water partition coefficient (Wildman–Crippen LogP) is 8.77. The Morgan fingerprint density at radius 3 is 2.16 bits per heavy atom. The Morgan fingerprint density at radius 2 is 1.52 bits per heavy atom. The predicted molar refractivity (Wildman–Crippen MR) is 118 cm³/mol. The summed E-state index contributed by atoms with van der Waals surface area (Å²) >= 11 is 0. The van der Waals surface area contributed by atoms with Crippen LogP contribution in [-0.2, 0) is 0 Å². The van der Waals surface area contributed by atoms with Gasteiger partial charge in [-0.15, -0.1) is 0 Å². The maximum absolute atomic E-state index is 15.2. The van der Waals surface area contributed by atoms with Gasteiger partial charge in [-0.1, -0.05) is 57.0 Å². The molecule has 4 heteroatoms. The first-order valence-electron chi connectivity index (χ1n) is 11.3. The maximum atomic E-state index is 15.2. The zero-order chi connectivity index (χ0) is 22.1. The second kappa shape index (κ2) is 9.02. The first-order valence-corrected chi connectivity index (χ1v) is 11.3. The van der Waals surface area contributed by atoms with Crippen LogP contribution < -0.4 is 0 Å². The molecular weight excluding hydrogens is 400 g/mol. The van der Waals surface area contributed by atoms with E-state index in [-0.39, 0.29) is 11.1 Å². The van der Waals surface area contributed by atoms with E-state index in [1.807, 2.05) is 12.1 Å². The van der Waals surface area contributed by atoms with E-state index in [2.05, 4.69) is 13.8 Å². The molecule has 0 N–H and O–H groups in total. The molecule has 0 heterocycles. The minimum atomic E-state index is -1.55. The van der Waals surface area contributed by atoms with Gasteiger partial charge in [0.05, 0.1) is 0 Å². The summed E-state index contributed by atoms with van der Waals surface area (Å²) in [4.78, 5) is 0. The summed E-state index contributed by atoms with van der Waals surface area (Å²) in [5.74, 6) is -2.69. The number of hydrogen-bond donors (Lipinski definition) is 0. The van der Waals surface area contributed by atoms with Crippen molar-refractivity contribution in [3.8, 4) is 11.1 Å². The van der Waals surface area contributed by atoms with Gasteiger partial charge < -0.3 is 0 Å². The van der Waals surface area contributed by atoms with Gasteiger partial charge in [-0.05, 0) is 72.1 Å². The highest BCUT2D eigenvalue weighted by Gasteiger charge is 2.26. The number of fused-ring (bicyclic) bond motifs is 1. The van der Waals surface area contributed by atoms with Crippen molar-refractivity contribution in [3.05, 3.63) is 71.3 Å². The van der Waals surface area contributed by atoms with Crippen LogP contribution in [-0.4, -0.2) is 0 Å². The standard InChI is InChI=1S/C27H28F4/c1-3-4-16(2)17-5-7-18(8-6-17)19-9-11-22-20(13-19)10-12-23(26(22)30)21-14-24(28)27(31)25(29)15-21/h9-18H,3-8H2,1-2H3. The van der Waals surface area contributed by atoms with E-state index in [0.717, 1.165) is 42.2 Å². The first-order chi connectivity index (χ1) is 14.9. The van der Waals surface area contributed by atoms with Gasteiger partial charge in [-0.3, -0.25) is 0 Å². The van der Waals surface area contributed by atoms with Crippen molar-refractivity contribution < 1.29 is 17.6 Å². The monoisotopic (exact) mass is 428 g/mol. The first kappa shape index (κ1) is 21.9. The van der Waals surface area contributed by atoms with E-state index in [0.29, 0.717) is 11.3 Å². The molecule has 0 aliphatic heterocycles. The average molecular weight is 429 g/mol. The molecule has 4 rings (SSSR count). The molecule has 1 aliphatic rings.